The molecule has 1 atom stereocenters. The molecule has 0 radical (unpaired) electrons. The van der Waals surface area contributed by atoms with Gasteiger partial charge < -0.3 is 10.2 Å². The smallest absolute Gasteiger partial charge is 0.243 e. The third-order valence-corrected chi connectivity index (χ3v) is 7.29. The lowest BCUT2D eigenvalue weighted by atomic mass is 9.98. The molecule has 2 aliphatic heterocycles. The Labute approximate surface area is 168 Å². The average Bonchev–Trinajstić information content (AvgIpc) is 2.68. The second-order valence-corrected chi connectivity index (χ2v) is 9.43. The molecule has 1 unspecified atom stereocenters. The van der Waals surface area contributed by atoms with Crippen molar-refractivity contribution in [1.82, 2.24) is 14.5 Å². The number of halogens is 1. The van der Waals surface area contributed by atoms with Crippen LogP contribution in [0.2, 0.25) is 0 Å². The molecule has 0 aliphatic carbocycles. The molecule has 1 aromatic carbocycles. The number of piperazine rings is 1. The Bertz CT molecular complexity index is 723. The van der Waals surface area contributed by atoms with E-state index in [2.05, 4.69) is 19.2 Å². The molecule has 0 bridgehead atoms. The number of nitrogens with one attached hydrogen (secondary N) is 1. The van der Waals surface area contributed by atoms with E-state index in [1.807, 2.05) is 17.0 Å². The van der Waals surface area contributed by atoms with Gasteiger partial charge in [0.25, 0.3) is 0 Å². The molecule has 1 aromatic rings. The van der Waals surface area contributed by atoms with Crippen LogP contribution in [0.4, 0.5) is 0 Å². The zero-order valence-electron chi connectivity index (χ0n) is 16.1. The first-order valence-electron chi connectivity index (χ1n) is 9.49. The largest absolute Gasteiger partial charge is 0.340 e. The standard InChI is InChI=1S/C19H29N3O3S.ClH/c1-15(2)16-5-7-18(8-6-16)26(24,25)22-12-10-21(11-13-22)19(23)17-4-3-9-20-14-17;/h5-8,15,17,20H,3-4,9-14H2,1-2H3;1H. The summed E-state index contributed by atoms with van der Waals surface area (Å²) >= 11 is 0. The summed E-state index contributed by atoms with van der Waals surface area (Å²) in [5, 5.41) is 3.27. The lowest BCUT2D eigenvalue weighted by Crippen LogP contribution is -2.53. The van der Waals surface area contributed by atoms with Crippen molar-refractivity contribution in [3.63, 3.8) is 0 Å². The summed E-state index contributed by atoms with van der Waals surface area (Å²) in [6.07, 6.45) is 1.95. The topological polar surface area (TPSA) is 69.7 Å². The van der Waals surface area contributed by atoms with E-state index in [0.29, 0.717) is 37.0 Å². The van der Waals surface area contributed by atoms with Crippen molar-refractivity contribution in [3.05, 3.63) is 29.8 Å². The van der Waals surface area contributed by atoms with Crippen LogP contribution in [0.3, 0.4) is 0 Å². The van der Waals surface area contributed by atoms with Crippen molar-refractivity contribution < 1.29 is 13.2 Å². The van der Waals surface area contributed by atoms with Crippen LogP contribution in [-0.2, 0) is 14.8 Å². The second kappa shape index (κ2) is 9.37. The van der Waals surface area contributed by atoms with E-state index in [1.165, 1.54) is 4.31 Å². The fourth-order valence-corrected chi connectivity index (χ4v) is 5.07. The van der Waals surface area contributed by atoms with Gasteiger partial charge in [0.2, 0.25) is 15.9 Å². The van der Waals surface area contributed by atoms with Crippen LogP contribution >= 0.6 is 12.4 Å². The van der Waals surface area contributed by atoms with Crippen LogP contribution in [-0.4, -0.2) is 62.8 Å². The van der Waals surface area contributed by atoms with Gasteiger partial charge in [0.05, 0.1) is 10.8 Å². The summed E-state index contributed by atoms with van der Waals surface area (Å²) in [6, 6.07) is 7.15. The number of benzene rings is 1. The molecule has 8 heteroatoms. The van der Waals surface area contributed by atoms with Gasteiger partial charge in [0.1, 0.15) is 0 Å². The molecule has 1 amide bonds. The number of amides is 1. The first kappa shape index (κ1) is 22.1. The molecule has 2 saturated heterocycles. The highest BCUT2D eigenvalue weighted by Gasteiger charge is 2.32. The van der Waals surface area contributed by atoms with Gasteiger partial charge in [-0.25, -0.2) is 8.42 Å². The number of rotatable bonds is 4. The third-order valence-electron chi connectivity index (χ3n) is 5.38. The Kier molecular flexibility index (Phi) is 7.68. The summed E-state index contributed by atoms with van der Waals surface area (Å²) < 4.78 is 27.2. The van der Waals surface area contributed by atoms with E-state index >= 15 is 0 Å². The predicted octanol–water partition coefficient (Wildman–Crippen LogP) is 2.06. The number of piperidine rings is 1. The lowest BCUT2D eigenvalue weighted by molar-refractivity contribution is -0.137. The van der Waals surface area contributed by atoms with Crippen LogP contribution in [0.5, 0.6) is 0 Å². The van der Waals surface area contributed by atoms with Crippen molar-refractivity contribution in [1.29, 1.82) is 0 Å². The predicted molar refractivity (Wildman–Crippen MR) is 109 cm³/mol. The molecule has 1 N–H and O–H groups in total. The Hall–Kier alpha value is -1.15. The molecular formula is C19H30ClN3O3S. The van der Waals surface area contributed by atoms with Gasteiger partial charge in [-0.2, -0.15) is 4.31 Å². The van der Waals surface area contributed by atoms with Crippen LogP contribution in [0.15, 0.2) is 29.2 Å². The number of nitrogens with zero attached hydrogens (tertiary/aromatic N) is 2. The van der Waals surface area contributed by atoms with Gasteiger partial charge in [-0.15, -0.1) is 12.4 Å². The molecular weight excluding hydrogens is 386 g/mol. The molecule has 0 saturated carbocycles. The average molecular weight is 416 g/mol. The zero-order chi connectivity index (χ0) is 18.7. The monoisotopic (exact) mass is 415 g/mol. The van der Waals surface area contributed by atoms with E-state index in [0.717, 1.165) is 31.5 Å². The highest BCUT2D eigenvalue weighted by atomic mass is 35.5. The summed E-state index contributed by atoms with van der Waals surface area (Å²) in [5.74, 6) is 0.571. The zero-order valence-corrected chi connectivity index (χ0v) is 17.7. The molecule has 0 spiro atoms. The maximum atomic E-state index is 12.9. The molecule has 2 aliphatic rings. The van der Waals surface area contributed by atoms with Crippen LogP contribution < -0.4 is 5.32 Å². The van der Waals surface area contributed by atoms with Crippen molar-refractivity contribution in [2.24, 2.45) is 5.92 Å². The van der Waals surface area contributed by atoms with Gasteiger partial charge in [-0.05, 0) is 43.0 Å². The van der Waals surface area contributed by atoms with E-state index in [9.17, 15) is 13.2 Å². The molecule has 2 heterocycles. The van der Waals surface area contributed by atoms with E-state index in [4.69, 9.17) is 0 Å². The Morgan fingerprint density at radius 2 is 1.74 bits per heavy atom. The van der Waals surface area contributed by atoms with Crippen molar-refractivity contribution in [3.8, 4) is 0 Å². The number of carbonyl (C=O) groups excluding carboxylic acids is 1. The second-order valence-electron chi connectivity index (χ2n) is 7.50. The molecule has 27 heavy (non-hydrogen) atoms. The number of hydrogen-bond acceptors (Lipinski definition) is 4. The normalized spacial score (nSPS) is 21.7. The quantitative estimate of drug-likeness (QED) is 0.817. The Morgan fingerprint density at radius 3 is 2.26 bits per heavy atom. The highest BCUT2D eigenvalue weighted by Crippen LogP contribution is 2.22. The highest BCUT2D eigenvalue weighted by molar-refractivity contribution is 7.89. The van der Waals surface area contributed by atoms with E-state index in [1.54, 1.807) is 12.1 Å². The molecule has 0 aromatic heterocycles. The van der Waals surface area contributed by atoms with Gasteiger partial charge in [-0.3, -0.25) is 4.79 Å². The SMILES string of the molecule is CC(C)c1ccc(S(=O)(=O)N2CCN(C(=O)C3CCCNC3)CC2)cc1.Cl. The van der Waals surface area contributed by atoms with Gasteiger partial charge >= 0.3 is 0 Å². The van der Waals surface area contributed by atoms with Gasteiger partial charge in [0.15, 0.2) is 0 Å². The minimum absolute atomic E-state index is 0. The van der Waals surface area contributed by atoms with Gasteiger partial charge in [0, 0.05) is 32.7 Å². The van der Waals surface area contributed by atoms with Crippen molar-refractivity contribution in [2.45, 2.75) is 37.5 Å². The van der Waals surface area contributed by atoms with Crippen LogP contribution in [0, 0.1) is 5.92 Å². The van der Waals surface area contributed by atoms with Crippen molar-refractivity contribution in [2.75, 3.05) is 39.3 Å². The minimum Gasteiger partial charge on any atom is -0.340 e. The summed E-state index contributed by atoms with van der Waals surface area (Å²) in [6.45, 7) is 7.55. The number of carbonyl (C=O) groups is 1. The van der Waals surface area contributed by atoms with E-state index in [-0.39, 0.29) is 24.2 Å². The molecule has 3 rings (SSSR count). The summed E-state index contributed by atoms with van der Waals surface area (Å²) in [5.41, 5.74) is 1.13. The first-order chi connectivity index (χ1) is 12.4. The first-order valence-corrected chi connectivity index (χ1v) is 10.9. The number of hydrogen-bond donors (Lipinski definition) is 1. The molecule has 6 nitrogen and oxygen atoms in total. The van der Waals surface area contributed by atoms with Crippen LogP contribution in [0.1, 0.15) is 38.2 Å². The fourth-order valence-electron chi connectivity index (χ4n) is 3.64. The minimum atomic E-state index is -3.50. The molecule has 152 valence electrons. The van der Waals surface area contributed by atoms with Crippen molar-refractivity contribution >= 4 is 28.3 Å². The Morgan fingerprint density at radius 1 is 1.11 bits per heavy atom. The summed E-state index contributed by atoms with van der Waals surface area (Å²) in [4.78, 5) is 14.8. The Balaban J connectivity index is 0.00000261. The lowest BCUT2D eigenvalue weighted by Gasteiger charge is -2.36. The van der Waals surface area contributed by atoms with E-state index < -0.39 is 10.0 Å². The number of sulfonamides is 1. The third kappa shape index (κ3) is 5.02. The van der Waals surface area contributed by atoms with Crippen LogP contribution in [0.25, 0.3) is 0 Å². The fraction of sp³-hybridized carbons (Fsp3) is 0.632. The summed E-state index contributed by atoms with van der Waals surface area (Å²) in [7, 11) is -3.50. The van der Waals surface area contributed by atoms with Gasteiger partial charge in [-0.1, -0.05) is 26.0 Å². The maximum Gasteiger partial charge on any atom is 0.243 e. The molecule has 2 fully saturated rings. The maximum absolute atomic E-state index is 12.9.